The molecule has 1 heterocycles. The van der Waals surface area contributed by atoms with E-state index in [1.54, 1.807) is 0 Å². The number of rotatable bonds is 3. The average molecular weight is 368 g/mol. The third-order valence-electron chi connectivity index (χ3n) is 1.72. The van der Waals surface area contributed by atoms with Crippen LogP contribution in [-0.4, -0.2) is 11.3 Å². The van der Waals surface area contributed by atoms with Gasteiger partial charge in [0.2, 0.25) is 0 Å². The molecule has 0 amide bonds. The molecule has 0 spiro atoms. The van der Waals surface area contributed by atoms with Crippen LogP contribution in [0.15, 0.2) is 6.20 Å². The predicted octanol–water partition coefficient (Wildman–Crippen LogP) is 2.98. The summed E-state index contributed by atoms with van der Waals surface area (Å²) in [5.74, 6) is -0.941. The molecule has 2 N–H and O–H groups in total. The summed E-state index contributed by atoms with van der Waals surface area (Å²) >= 11 is 1.44. The second-order valence-corrected chi connectivity index (χ2v) is 3.93. The Bertz CT molecular complexity index is 410. The highest BCUT2D eigenvalue weighted by Gasteiger charge is 2.35. The maximum Gasteiger partial charge on any atom is 0.573 e. The Balaban J connectivity index is 3.30. The molecule has 0 atom stereocenters. The predicted molar refractivity (Wildman–Crippen MR) is 56.5 cm³/mol. The number of hydrogen-bond donors (Lipinski definition) is 1. The van der Waals surface area contributed by atoms with Crippen LogP contribution in [0.25, 0.3) is 0 Å². The van der Waals surface area contributed by atoms with Crippen LogP contribution in [0.5, 0.6) is 5.75 Å². The normalized spacial score (nSPS) is 12.0. The van der Waals surface area contributed by atoms with Crippen molar-refractivity contribution in [2.75, 3.05) is 0 Å². The Hall–Kier alpha value is -0.710. The van der Waals surface area contributed by atoms with Crippen molar-refractivity contribution in [2.24, 2.45) is 5.73 Å². The standard InChI is InChI=1S/C8H6F5IN2O/c9-7(10)3-2-16-4(1-15)5(14)6(3)17-8(11,12)13/h2,7H,1,15H2. The maximum atomic E-state index is 12.5. The first kappa shape index (κ1) is 14.4. The third kappa shape index (κ3) is 3.63. The fraction of sp³-hybridized carbons (Fsp3) is 0.375. The molecule has 0 aliphatic carbocycles. The minimum absolute atomic E-state index is 0.0641. The lowest BCUT2D eigenvalue weighted by Gasteiger charge is -2.15. The number of aromatic nitrogens is 1. The van der Waals surface area contributed by atoms with E-state index in [0.717, 1.165) is 0 Å². The Morgan fingerprint density at radius 2 is 2.00 bits per heavy atom. The largest absolute Gasteiger partial charge is 0.573 e. The van der Waals surface area contributed by atoms with Crippen LogP contribution in [0, 0.1) is 3.57 Å². The molecular formula is C8H6F5IN2O. The van der Waals surface area contributed by atoms with Crippen molar-refractivity contribution in [3.63, 3.8) is 0 Å². The van der Waals surface area contributed by atoms with Gasteiger partial charge in [0, 0.05) is 12.7 Å². The van der Waals surface area contributed by atoms with Gasteiger partial charge in [-0.25, -0.2) is 8.78 Å². The van der Waals surface area contributed by atoms with Gasteiger partial charge in [-0.05, 0) is 22.6 Å². The first-order chi connectivity index (χ1) is 7.76. The molecule has 0 fully saturated rings. The van der Waals surface area contributed by atoms with Gasteiger partial charge in [0.1, 0.15) is 0 Å². The topological polar surface area (TPSA) is 48.1 Å². The van der Waals surface area contributed by atoms with E-state index in [9.17, 15) is 22.0 Å². The minimum atomic E-state index is -5.04. The number of alkyl halides is 5. The Labute approximate surface area is 106 Å². The van der Waals surface area contributed by atoms with E-state index in [-0.39, 0.29) is 15.8 Å². The molecule has 0 aliphatic rings. The number of halogens is 6. The molecule has 0 saturated carbocycles. The summed E-state index contributed by atoms with van der Waals surface area (Å²) < 4.78 is 64.6. The number of nitrogens with two attached hydrogens (primary N) is 1. The molecule has 1 aromatic rings. The van der Waals surface area contributed by atoms with E-state index in [4.69, 9.17) is 5.73 Å². The molecule has 0 radical (unpaired) electrons. The van der Waals surface area contributed by atoms with E-state index in [1.165, 1.54) is 22.6 Å². The van der Waals surface area contributed by atoms with Gasteiger partial charge in [-0.3, -0.25) is 4.98 Å². The molecule has 0 unspecified atom stereocenters. The third-order valence-corrected chi connectivity index (χ3v) is 2.83. The van der Waals surface area contributed by atoms with Gasteiger partial charge >= 0.3 is 6.36 Å². The van der Waals surface area contributed by atoms with Crippen LogP contribution in [0.2, 0.25) is 0 Å². The van der Waals surface area contributed by atoms with Crippen LogP contribution in [0.4, 0.5) is 22.0 Å². The van der Waals surface area contributed by atoms with Crippen molar-refractivity contribution < 1.29 is 26.7 Å². The lowest BCUT2D eigenvalue weighted by Crippen LogP contribution is -2.20. The fourth-order valence-electron chi connectivity index (χ4n) is 1.04. The Morgan fingerprint density at radius 3 is 2.41 bits per heavy atom. The summed E-state index contributed by atoms with van der Waals surface area (Å²) in [7, 11) is 0. The molecule has 1 aromatic heterocycles. The van der Waals surface area contributed by atoms with Crippen LogP contribution in [-0.2, 0) is 6.54 Å². The summed E-state index contributed by atoms with van der Waals surface area (Å²) in [6.45, 7) is -0.171. The SMILES string of the molecule is NCc1ncc(C(F)F)c(OC(F)(F)F)c1I. The molecular weight excluding hydrogens is 362 g/mol. The number of nitrogens with zero attached hydrogens (tertiary/aromatic N) is 1. The summed E-state index contributed by atoms with van der Waals surface area (Å²) in [5.41, 5.74) is 4.37. The van der Waals surface area contributed by atoms with Crippen molar-refractivity contribution in [3.05, 3.63) is 21.0 Å². The van der Waals surface area contributed by atoms with E-state index in [1.807, 2.05) is 0 Å². The Kier molecular flexibility index (Phi) is 4.47. The zero-order valence-electron chi connectivity index (χ0n) is 8.06. The zero-order chi connectivity index (χ0) is 13.2. The van der Waals surface area contributed by atoms with E-state index in [2.05, 4.69) is 9.72 Å². The minimum Gasteiger partial charge on any atom is -0.404 e. The van der Waals surface area contributed by atoms with E-state index in [0.29, 0.717) is 6.20 Å². The zero-order valence-corrected chi connectivity index (χ0v) is 10.2. The van der Waals surface area contributed by atoms with Crippen molar-refractivity contribution in [1.29, 1.82) is 0 Å². The molecule has 9 heteroatoms. The lowest BCUT2D eigenvalue weighted by molar-refractivity contribution is -0.275. The van der Waals surface area contributed by atoms with Gasteiger partial charge in [-0.2, -0.15) is 0 Å². The van der Waals surface area contributed by atoms with Crippen molar-refractivity contribution >= 4 is 22.6 Å². The molecule has 0 saturated heterocycles. The highest BCUT2D eigenvalue weighted by Crippen LogP contribution is 2.37. The molecule has 96 valence electrons. The molecule has 0 aromatic carbocycles. The monoisotopic (exact) mass is 368 g/mol. The smallest absolute Gasteiger partial charge is 0.404 e. The molecule has 1 rings (SSSR count). The maximum absolute atomic E-state index is 12.5. The molecule has 0 aliphatic heterocycles. The van der Waals surface area contributed by atoms with Gasteiger partial charge in [0.15, 0.2) is 5.75 Å². The van der Waals surface area contributed by atoms with Gasteiger partial charge in [0.25, 0.3) is 6.43 Å². The van der Waals surface area contributed by atoms with Crippen molar-refractivity contribution in [1.82, 2.24) is 4.98 Å². The van der Waals surface area contributed by atoms with E-state index >= 15 is 0 Å². The van der Waals surface area contributed by atoms with Gasteiger partial charge in [-0.15, -0.1) is 13.2 Å². The summed E-state index contributed by atoms with van der Waals surface area (Å²) in [6.07, 6.45) is -7.52. The van der Waals surface area contributed by atoms with Crippen LogP contribution < -0.4 is 10.5 Å². The number of ether oxygens (including phenoxy) is 1. The highest BCUT2D eigenvalue weighted by atomic mass is 127. The number of pyridine rings is 1. The summed E-state index contributed by atoms with van der Waals surface area (Å²) in [4.78, 5) is 3.55. The molecule has 0 bridgehead atoms. The van der Waals surface area contributed by atoms with Crippen LogP contribution in [0.1, 0.15) is 17.7 Å². The second kappa shape index (κ2) is 5.29. The fourth-order valence-corrected chi connectivity index (χ4v) is 1.82. The molecule has 17 heavy (non-hydrogen) atoms. The van der Waals surface area contributed by atoms with Crippen molar-refractivity contribution in [3.8, 4) is 5.75 Å². The summed E-state index contributed by atoms with van der Waals surface area (Å²) in [6, 6.07) is 0. The first-order valence-electron chi connectivity index (χ1n) is 4.17. The van der Waals surface area contributed by atoms with E-state index < -0.39 is 24.1 Å². The summed E-state index contributed by atoms with van der Waals surface area (Å²) in [5, 5.41) is 0. The number of hydrogen-bond acceptors (Lipinski definition) is 3. The van der Waals surface area contributed by atoms with Crippen LogP contribution in [0.3, 0.4) is 0 Å². The van der Waals surface area contributed by atoms with Gasteiger partial charge < -0.3 is 10.5 Å². The van der Waals surface area contributed by atoms with Crippen LogP contribution >= 0.6 is 22.6 Å². The molecule has 3 nitrogen and oxygen atoms in total. The lowest BCUT2D eigenvalue weighted by atomic mass is 10.2. The average Bonchev–Trinajstić information content (AvgIpc) is 2.18. The quantitative estimate of drug-likeness (QED) is 0.659. The van der Waals surface area contributed by atoms with Crippen molar-refractivity contribution in [2.45, 2.75) is 19.3 Å². The first-order valence-corrected chi connectivity index (χ1v) is 5.25. The second-order valence-electron chi connectivity index (χ2n) is 2.86. The highest BCUT2D eigenvalue weighted by molar-refractivity contribution is 14.1. The van der Waals surface area contributed by atoms with Gasteiger partial charge in [0.05, 0.1) is 14.8 Å². The Morgan fingerprint density at radius 1 is 1.41 bits per heavy atom. The van der Waals surface area contributed by atoms with Gasteiger partial charge in [-0.1, -0.05) is 0 Å².